The standard InChI is InChI=1S/C14H19N3O5S/c1-4-7-11(10(2)3)15-14(18)16-23(21,22)13-9-6-5-8-12(13)17(19)20/h4-6,8-11H,1,7H2,2-3H3,(H2,15,16,18). The predicted octanol–water partition coefficient (Wildman–Crippen LogP) is 2.18. The quantitative estimate of drug-likeness (QED) is 0.447. The van der Waals surface area contributed by atoms with Crippen molar-refractivity contribution < 1.29 is 18.1 Å². The van der Waals surface area contributed by atoms with Gasteiger partial charge in [0.25, 0.3) is 15.7 Å². The Bertz CT molecular complexity index is 700. The lowest BCUT2D eigenvalue weighted by atomic mass is 10.0. The number of hydrogen-bond donors (Lipinski definition) is 2. The molecule has 0 radical (unpaired) electrons. The SMILES string of the molecule is C=CCC(NC(=O)NS(=O)(=O)c1ccccc1[N+](=O)[O-])C(C)C. The number of urea groups is 1. The number of nitro benzene ring substituents is 1. The van der Waals surface area contributed by atoms with Gasteiger partial charge in [0.1, 0.15) is 0 Å². The summed E-state index contributed by atoms with van der Waals surface area (Å²) in [5.74, 6) is 0.0625. The first kappa shape index (κ1) is 18.6. The van der Waals surface area contributed by atoms with Crippen LogP contribution in [0.1, 0.15) is 20.3 Å². The molecule has 0 aromatic heterocycles. The summed E-state index contributed by atoms with van der Waals surface area (Å²) in [6.45, 7) is 7.31. The Hall–Kier alpha value is -2.42. The fraction of sp³-hybridized carbons (Fsp3) is 0.357. The minimum atomic E-state index is -4.35. The summed E-state index contributed by atoms with van der Waals surface area (Å²) in [7, 11) is -4.35. The van der Waals surface area contributed by atoms with Gasteiger partial charge in [0.05, 0.1) is 4.92 Å². The number of hydrogen-bond acceptors (Lipinski definition) is 5. The average molecular weight is 341 g/mol. The average Bonchev–Trinajstić information content (AvgIpc) is 2.46. The maximum absolute atomic E-state index is 12.2. The minimum absolute atomic E-state index is 0.0625. The molecule has 9 heteroatoms. The fourth-order valence-electron chi connectivity index (χ4n) is 1.89. The van der Waals surface area contributed by atoms with Gasteiger partial charge in [0.15, 0.2) is 4.90 Å². The molecule has 0 saturated heterocycles. The molecule has 0 bridgehead atoms. The molecule has 1 rings (SSSR count). The Morgan fingerprint density at radius 3 is 2.52 bits per heavy atom. The summed E-state index contributed by atoms with van der Waals surface area (Å²) in [5, 5.41) is 13.4. The number of sulfonamides is 1. The minimum Gasteiger partial charge on any atom is -0.334 e. The van der Waals surface area contributed by atoms with E-state index in [1.165, 1.54) is 12.1 Å². The van der Waals surface area contributed by atoms with Gasteiger partial charge in [-0.3, -0.25) is 10.1 Å². The van der Waals surface area contributed by atoms with Crippen molar-refractivity contribution in [1.82, 2.24) is 10.0 Å². The van der Waals surface area contributed by atoms with E-state index in [1.54, 1.807) is 10.8 Å². The second-order valence-electron chi connectivity index (χ2n) is 5.18. The molecule has 23 heavy (non-hydrogen) atoms. The summed E-state index contributed by atoms with van der Waals surface area (Å²) >= 11 is 0. The second kappa shape index (κ2) is 7.73. The van der Waals surface area contributed by atoms with Crippen molar-refractivity contribution in [3.05, 3.63) is 47.0 Å². The molecule has 2 N–H and O–H groups in total. The van der Waals surface area contributed by atoms with Crippen LogP contribution in [0.4, 0.5) is 10.5 Å². The van der Waals surface area contributed by atoms with E-state index in [0.29, 0.717) is 6.42 Å². The summed E-state index contributed by atoms with van der Waals surface area (Å²) < 4.78 is 26.2. The van der Waals surface area contributed by atoms with Crippen LogP contribution in [-0.2, 0) is 10.0 Å². The van der Waals surface area contributed by atoms with Crippen molar-refractivity contribution in [2.75, 3.05) is 0 Å². The van der Waals surface area contributed by atoms with E-state index in [9.17, 15) is 23.3 Å². The van der Waals surface area contributed by atoms with Crippen LogP contribution in [0.5, 0.6) is 0 Å². The molecular weight excluding hydrogens is 322 g/mol. The van der Waals surface area contributed by atoms with Crippen LogP contribution in [0.25, 0.3) is 0 Å². The molecule has 126 valence electrons. The van der Waals surface area contributed by atoms with Gasteiger partial charge in [-0.2, -0.15) is 0 Å². The van der Waals surface area contributed by atoms with Crippen LogP contribution in [0.3, 0.4) is 0 Å². The molecule has 8 nitrogen and oxygen atoms in total. The Morgan fingerprint density at radius 1 is 1.39 bits per heavy atom. The lowest BCUT2D eigenvalue weighted by Gasteiger charge is -2.21. The number of benzene rings is 1. The number of carbonyl (C=O) groups is 1. The molecule has 1 aromatic rings. The highest BCUT2D eigenvalue weighted by atomic mass is 32.2. The van der Waals surface area contributed by atoms with Crippen LogP contribution < -0.4 is 10.0 Å². The van der Waals surface area contributed by atoms with E-state index in [1.807, 2.05) is 13.8 Å². The van der Waals surface area contributed by atoms with E-state index >= 15 is 0 Å². The molecule has 1 unspecified atom stereocenters. The maximum Gasteiger partial charge on any atom is 0.328 e. The molecule has 1 atom stereocenters. The van der Waals surface area contributed by atoms with Crippen molar-refractivity contribution in [3.63, 3.8) is 0 Å². The first-order valence-electron chi connectivity index (χ1n) is 6.86. The van der Waals surface area contributed by atoms with E-state index in [4.69, 9.17) is 0 Å². The third-order valence-corrected chi connectivity index (χ3v) is 4.50. The number of nitrogens with one attached hydrogen (secondary N) is 2. The largest absolute Gasteiger partial charge is 0.334 e. The first-order valence-corrected chi connectivity index (χ1v) is 8.35. The monoisotopic (exact) mass is 341 g/mol. The van der Waals surface area contributed by atoms with Crippen molar-refractivity contribution in [2.45, 2.75) is 31.2 Å². The molecule has 1 aromatic carbocycles. The molecular formula is C14H19N3O5S. The Labute approximate surface area is 134 Å². The zero-order chi connectivity index (χ0) is 17.6. The van der Waals surface area contributed by atoms with Crippen molar-refractivity contribution in [1.29, 1.82) is 0 Å². The molecule has 0 aliphatic carbocycles. The van der Waals surface area contributed by atoms with Gasteiger partial charge in [-0.25, -0.2) is 17.9 Å². The fourth-order valence-corrected chi connectivity index (χ4v) is 2.98. The van der Waals surface area contributed by atoms with Gasteiger partial charge in [-0.15, -0.1) is 6.58 Å². The molecule has 0 saturated carbocycles. The Kier molecular flexibility index (Phi) is 6.26. The van der Waals surface area contributed by atoms with Crippen LogP contribution >= 0.6 is 0 Å². The molecule has 0 aliphatic heterocycles. The van der Waals surface area contributed by atoms with E-state index < -0.39 is 31.6 Å². The number of nitro groups is 1. The zero-order valence-electron chi connectivity index (χ0n) is 12.9. The third-order valence-electron chi connectivity index (χ3n) is 3.12. The van der Waals surface area contributed by atoms with Crippen LogP contribution in [-0.4, -0.2) is 25.4 Å². The highest BCUT2D eigenvalue weighted by Crippen LogP contribution is 2.22. The first-order chi connectivity index (χ1) is 10.7. The van der Waals surface area contributed by atoms with Crippen molar-refractivity contribution in [2.24, 2.45) is 5.92 Å². The maximum atomic E-state index is 12.2. The Balaban J connectivity index is 2.97. The third kappa shape index (κ3) is 5.06. The molecule has 2 amide bonds. The van der Waals surface area contributed by atoms with E-state index in [2.05, 4.69) is 11.9 Å². The number of nitrogens with zero attached hydrogens (tertiary/aromatic N) is 1. The summed E-state index contributed by atoms with van der Waals surface area (Å²) in [6.07, 6.45) is 2.08. The van der Waals surface area contributed by atoms with Crippen LogP contribution in [0, 0.1) is 16.0 Å². The summed E-state index contributed by atoms with van der Waals surface area (Å²) in [6, 6.07) is 3.57. The van der Waals surface area contributed by atoms with Gasteiger partial charge < -0.3 is 5.32 Å². The van der Waals surface area contributed by atoms with Gasteiger partial charge >= 0.3 is 6.03 Å². The zero-order valence-corrected chi connectivity index (χ0v) is 13.7. The number of amides is 2. The van der Waals surface area contributed by atoms with Gasteiger partial charge in [0.2, 0.25) is 0 Å². The lowest BCUT2D eigenvalue weighted by Crippen LogP contribution is -2.46. The van der Waals surface area contributed by atoms with Gasteiger partial charge in [0, 0.05) is 12.1 Å². The number of carbonyl (C=O) groups excluding carboxylic acids is 1. The topological polar surface area (TPSA) is 118 Å². The van der Waals surface area contributed by atoms with Gasteiger partial charge in [-0.05, 0) is 18.4 Å². The molecule has 0 spiro atoms. The normalized spacial score (nSPS) is 12.5. The van der Waals surface area contributed by atoms with Crippen LogP contribution in [0.15, 0.2) is 41.8 Å². The highest BCUT2D eigenvalue weighted by Gasteiger charge is 2.27. The molecule has 0 fully saturated rings. The van der Waals surface area contributed by atoms with Crippen molar-refractivity contribution >= 4 is 21.7 Å². The molecule has 0 aliphatic rings. The van der Waals surface area contributed by atoms with E-state index in [0.717, 1.165) is 12.1 Å². The highest BCUT2D eigenvalue weighted by molar-refractivity contribution is 7.90. The second-order valence-corrected chi connectivity index (χ2v) is 6.83. The smallest absolute Gasteiger partial charge is 0.328 e. The number of rotatable bonds is 7. The Morgan fingerprint density at radius 2 is 2.00 bits per heavy atom. The lowest BCUT2D eigenvalue weighted by molar-refractivity contribution is -0.387. The predicted molar refractivity (Wildman–Crippen MR) is 85.4 cm³/mol. The van der Waals surface area contributed by atoms with Crippen LogP contribution in [0.2, 0.25) is 0 Å². The number of para-hydroxylation sites is 1. The summed E-state index contributed by atoms with van der Waals surface area (Å²) in [5.41, 5.74) is -0.598. The van der Waals surface area contributed by atoms with Gasteiger partial charge in [-0.1, -0.05) is 32.1 Å². The van der Waals surface area contributed by atoms with E-state index in [-0.39, 0.29) is 12.0 Å². The summed E-state index contributed by atoms with van der Waals surface area (Å²) in [4.78, 5) is 21.4. The van der Waals surface area contributed by atoms with Crippen molar-refractivity contribution in [3.8, 4) is 0 Å². The molecule has 0 heterocycles.